The van der Waals surface area contributed by atoms with Gasteiger partial charge in [-0.05, 0) is 18.3 Å². The van der Waals surface area contributed by atoms with Crippen molar-refractivity contribution in [3.63, 3.8) is 0 Å². The van der Waals surface area contributed by atoms with Crippen molar-refractivity contribution in [2.24, 2.45) is 11.8 Å². The quantitative estimate of drug-likeness (QED) is 0.468. The lowest BCUT2D eigenvalue weighted by Crippen LogP contribution is -1.99. The van der Waals surface area contributed by atoms with E-state index in [1.54, 1.807) is 0 Å². The normalized spacial score (nSPS) is 14.8. The highest BCUT2D eigenvalue weighted by Gasteiger charge is 2.00. The Morgan fingerprint density at radius 1 is 0.706 bits per heavy atom. The van der Waals surface area contributed by atoms with Crippen LogP contribution in [0.2, 0.25) is 0 Å². The fourth-order valence-corrected chi connectivity index (χ4v) is 2.16. The highest BCUT2D eigenvalue weighted by Crippen LogP contribution is 2.15. The third-order valence-electron chi connectivity index (χ3n) is 3.90. The number of unbranched alkanes of at least 4 members (excludes halogenated alkanes) is 6. The van der Waals surface area contributed by atoms with Crippen molar-refractivity contribution in [1.82, 2.24) is 0 Å². The fraction of sp³-hybridized carbons (Fsp3) is 1.00. The Morgan fingerprint density at radius 3 is 1.53 bits per heavy atom. The van der Waals surface area contributed by atoms with E-state index in [1.165, 1.54) is 64.2 Å². The first-order chi connectivity index (χ1) is 8.20. The zero-order chi connectivity index (χ0) is 12.9. The molecule has 1 heteroatoms. The summed E-state index contributed by atoms with van der Waals surface area (Å²) < 4.78 is 0. The molecule has 0 aromatic carbocycles. The van der Waals surface area contributed by atoms with Gasteiger partial charge in [0.2, 0.25) is 0 Å². The minimum absolute atomic E-state index is 0.357. The molecule has 2 atom stereocenters. The highest BCUT2D eigenvalue weighted by atomic mass is 16.3. The van der Waals surface area contributed by atoms with Crippen LogP contribution in [-0.4, -0.2) is 11.7 Å². The van der Waals surface area contributed by atoms with Gasteiger partial charge < -0.3 is 5.11 Å². The van der Waals surface area contributed by atoms with Crippen LogP contribution in [0.3, 0.4) is 0 Å². The van der Waals surface area contributed by atoms with E-state index in [0.717, 1.165) is 5.92 Å². The predicted molar refractivity (Wildman–Crippen MR) is 77.3 cm³/mol. The molecule has 104 valence electrons. The molecular formula is C16H34O. The summed E-state index contributed by atoms with van der Waals surface area (Å²) in [4.78, 5) is 0. The SMILES string of the molecule is CC[C@H](C)CCCCCCCCC[C@@H](C)CO. The van der Waals surface area contributed by atoms with Crippen molar-refractivity contribution in [3.05, 3.63) is 0 Å². The Bertz CT molecular complexity index is 128. The minimum Gasteiger partial charge on any atom is -0.396 e. The van der Waals surface area contributed by atoms with Crippen molar-refractivity contribution in [2.45, 2.75) is 85.0 Å². The second kappa shape index (κ2) is 12.4. The largest absolute Gasteiger partial charge is 0.396 e. The van der Waals surface area contributed by atoms with Gasteiger partial charge in [0, 0.05) is 6.61 Å². The third-order valence-corrected chi connectivity index (χ3v) is 3.90. The number of aliphatic hydroxyl groups excluding tert-OH is 1. The van der Waals surface area contributed by atoms with Crippen LogP contribution < -0.4 is 0 Å². The maximum atomic E-state index is 8.90. The van der Waals surface area contributed by atoms with Crippen LogP contribution in [0.1, 0.15) is 85.0 Å². The minimum atomic E-state index is 0.357. The lowest BCUT2D eigenvalue weighted by atomic mass is 9.99. The van der Waals surface area contributed by atoms with Gasteiger partial charge in [0.1, 0.15) is 0 Å². The van der Waals surface area contributed by atoms with Crippen LogP contribution in [0, 0.1) is 11.8 Å². The first kappa shape index (κ1) is 17.0. The maximum absolute atomic E-state index is 8.90. The van der Waals surface area contributed by atoms with Gasteiger partial charge in [0.05, 0.1) is 0 Å². The monoisotopic (exact) mass is 242 g/mol. The topological polar surface area (TPSA) is 20.2 Å². The molecule has 0 aromatic rings. The van der Waals surface area contributed by atoms with Crippen LogP contribution >= 0.6 is 0 Å². The van der Waals surface area contributed by atoms with Crippen molar-refractivity contribution in [1.29, 1.82) is 0 Å². The Morgan fingerprint density at radius 2 is 1.12 bits per heavy atom. The molecule has 0 amide bonds. The number of hydrogen-bond acceptors (Lipinski definition) is 1. The summed E-state index contributed by atoms with van der Waals surface area (Å²) in [5.74, 6) is 1.43. The molecule has 0 radical (unpaired) electrons. The van der Waals surface area contributed by atoms with E-state index in [1.807, 2.05) is 0 Å². The Balaban J connectivity index is 3.04. The van der Waals surface area contributed by atoms with Gasteiger partial charge in [-0.1, -0.05) is 78.6 Å². The van der Waals surface area contributed by atoms with Gasteiger partial charge in [-0.2, -0.15) is 0 Å². The average Bonchev–Trinajstić information content (AvgIpc) is 2.35. The molecule has 0 spiro atoms. The zero-order valence-electron chi connectivity index (χ0n) is 12.4. The standard InChI is InChI=1S/C16H34O/c1-4-15(2)12-10-8-6-5-7-9-11-13-16(3)14-17/h15-17H,4-14H2,1-3H3/t15-,16+/m0/s1. The van der Waals surface area contributed by atoms with Crippen molar-refractivity contribution in [2.75, 3.05) is 6.61 Å². The molecule has 1 nitrogen and oxygen atoms in total. The highest BCUT2D eigenvalue weighted by molar-refractivity contribution is 4.53. The molecule has 0 aromatic heterocycles. The summed E-state index contributed by atoms with van der Waals surface area (Å²) in [6, 6.07) is 0. The van der Waals surface area contributed by atoms with Gasteiger partial charge in [-0.3, -0.25) is 0 Å². The van der Waals surface area contributed by atoms with Crippen molar-refractivity contribution < 1.29 is 5.11 Å². The molecule has 17 heavy (non-hydrogen) atoms. The van der Waals surface area contributed by atoms with Crippen LogP contribution in [0.5, 0.6) is 0 Å². The second-order valence-corrected chi connectivity index (χ2v) is 5.85. The number of aliphatic hydroxyl groups is 1. The van der Waals surface area contributed by atoms with E-state index in [-0.39, 0.29) is 0 Å². The summed E-state index contributed by atoms with van der Waals surface area (Å²) in [5, 5.41) is 8.90. The van der Waals surface area contributed by atoms with Gasteiger partial charge >= 0.3 is 0 Å². The van der Waals surface area contributed by atoms with Crippen LogP contribution in [-0.2, 0) is 0 Å². The summed E-state index contributed by atoms with van der Waals surface area (Å²) in [6.07, 6.45) is 13.7. The number of rotatable bonds is 12. The number of hydrogen-bond donors (Lipinski definition) is 1. The summed E-state index contributed by atoms with van der Waals surface area (Å²) in [6.45, 7) is 7.14. The molecular weight excluding hydrogens is 208 g/mol. The smallest absolute Gasteiger partial charge is 0.0456 e. The van der Waals surface area contributed by atoms with E-state index in [0.29, 0.717) is 12.5 Å². The fourth-order valence-electron chi connectivity index (χ4n) is 2.16. The second-order valence-electron chi connectivity index (χ2n) is 5.85. The Labute approximate surface area is 109 Å². The molecule has 0 fully saturated rings. The average molecular weight is 242 g/mol. The summed E-state index contributed by atoms with van der Waals surface area (Å²) >= 11 is 0. The van der Waals surface area contributed by atoms with E-state index in [4.69, 9.17) is 5.11 Å². The van der Waals surface area contributed by atoms with Crippen LogP contribution in [0.4, 0.5) is 0 Å². The van der Waals surface area contributed by atoms with E-state index >= 15 is 0 Å². The molecule has 0 aliphatic rings. The van der Waals surface area contributed by atoms with Gasteiger partial charge in [-0.25, -0.2) is 0 Å². The van der Waals surface area contributed by atoms with E-state index in [2.05, 4.69) is 20.8 Å². The van der Waals surface area contributed by atoms with E-state index < -0.39 is 0 Å². The molecule has 0 unspecified atom stereocenters. The van der Waals surface area contributed by atoms with Crippen molar-refractivity contribution in [3.8, 4) is 0 Å². The van der Waals surface area contributed by atoms with Crippen LogP contribution in [0.15, 0.2) is 0 Å². The maximum Gasteiger partial charge on any atom is 0.0456 e. The lowest BCUT2D eigenvalue weighted by Gasteiger charge is -2.08. The molecule has 1 N–H and O–H groups in total. The van der Waals surface area contributed by atoms with Gasteiger partial charge in [-0.15, -0.1) is 0 Å². The summed E-state index contributed by atoms with van der Waals surface area (Å²) in [7, 11) is 0. The summed E-state index contributed by atoms with van der Waals surface area (Å²) in [5.41, 5.74) is 0. The molecule has 0 heterocycles. The van der Waals surface area contributed by atoms with Gasteiger partial charge in [0.15, 0.2) is 0 Å². The molecule has 0 bridgehead atoms. The van der Waals surface area contributed by atoms with Crippen LogP contribution in [0.25, 0.3) is 0 Å². The zero-order valence-corrected chi connectivity index (χ0v) is 12.4. The molecule has 0 aliphatic heterocycles. The lowest BCUT2D eigenvalue weighted by molar-refractivity contribution is 0.227. The Kier molecular flexibility index (Phi) is 12.4. The van der Waals surface area contributed by atoms with Crippen molar-refractivity contribution >= 4 is 0 Å². The first-order valence-electron chi connectivity index (χ1n) is 7.81. The third kappa shape index (κ3) is 12.2. The molecule has 0 saturated carbocycles. The first-order valence-corrected chi connectivity index (χ1v) is 7.81. The molecule has 0 saturated heterocycles. The Hall–Kier alpha value is -0.0400. The molecule has 0 rings (SSSR count). The van der Waals surface area contributed by atoms with Gasteiger partial charge in [0.25, 0.3) is 0 Å². The molecule has 0 aliphatic carbocycles. The van der Waals surface area contributed by atoms with E-state index in [9.17, 15) is 0 Å². The predicted octanol–water partition coefficient (Wildman–Crippen LogP) is 5.17.